The normalized spacial score (nSPS) is 10.2. The maximum Gasteiger partial charge on any atom is 0.276 e. The quantitative estimate of drug-likeness (QED) is 0.899. The van der Waals surface area contributed by atoms with Gasteiger partial charge in [-0.2, -0.15) is 5.10 Å². The highest BCUT2D eigenvalue weighted by Gasteiger charge is 2.11. The number of anilines is 1. The van der Waals surface area contributed by atoms with Gasteiger partial charge in [0.05, 0.1) is 7.11 Å². The molecule has 1 N–H and O–H groups in total. The van der Waals surface area contributed by atoms with Crippen LogP contribution in [0.1, 0.15) is 16.2 Å². The van der Waals surface area contributed by atoms with Crippen LogP contribution in [-0.2, 0) is 7.05 Å². The van der Waals surface area contributed by atoms with Crippen LogP contribution in [0.3, 0.4) is 0 Å². The molecule has 2 aromatic rings. The number of benzene rings is 1. The SMILES string of the molecule is COc1cccc(NC(=O)c2cc(C)n(C)n2)c1. The zero-order valence-corrected chi connectivity index (χ0v) is 10.6. The first-order valence-electron chi connectivity index (χ1n) is 5.56. The van der Waals surface area contributed by atoms with E-state index in [0.29, 0.717) is 17.1 Å². The molecule has 94 valence electrons. The summed E-state index contributed by atoms with van der Waals surface area (Å²) in [5.41, 5.74) is 2.02. The summed E-state index contributed by atoms with van der Waals surface area (Å²) in [6.45, 7) is 1.90. The van der Waals surface area contributed by atoms with Crippen LogP contribution in [0, 0.1) is 6.92 Å². The van der Waals surface area contributed by atoms with Gasteiger partial charge in [-0.3, -0.25) is 9.48 Å². The van der Waals surface area contributed by atoms with E-state index in [9.17, 15) is 4.79 Å². The monoisotopic (exact) mass is 245 g/mol. The minimum Gasteiger partial charge on any atom is -0.497 e. The van der Waals surface area contributed by atoms with E-state index in [-0.39, 0.29) is 5.91 Å². The first-order chi connectivity index (χ1) is 8.60. The number of carbonyl (C=O) groups is 1. The number of methoxy groups -OCH3 is 1. The lowest BCUT2D eigenvalue weighted by atomic mass is 10.3. The van der Waals surface area contributed by atoms with Crippen molar-refractivity contribution in [2.45, 2.75) is 6.92 Å². The molecule has 5 nitrogen and oxygen atoms in total. The molecular formula is C13H15N3O2. The van der Waals surface area contributed by atoms with E-state index in [1.165, 1.54) is 0 Å². The molecule has 5 heteroatoms. The zero-order valence-electron chi connectivity index (χ0n) is 10.6. The lowest BCUT2D eigenvalue weighted by molar-refractivity contribution is 0.102. The Morgan fingerprint density at radius 1 is 1.39 bits per heavy atom. The van der Waals surface area contributed by atoms with E-state index in [1.54, 1.807) is 37.0 Å². The van der Waals surface area contributed by atoms with Gasteiger partial charge in [-0.1, -0.05) is 6.07 Å². The third kappa shape index (κ3) is 2.51. The van der Waals surface area contributed by atoms with E-state index >= 15 is 0 Å². The fourth-order valence-electron chi connectivity index (χ4n) is 1.57. The third-order valence-corrected chi connectivity index (χ3v) is 2.67. The summed E-state index contributed by atoms with van der Waals surface area (Å²) in [5.74, 6) is 0.469. The van der Waals surface area contributed by atoms with E-state index in [0.717, 1.165) is 5.69 Å². The second-order valence-corrected chi connectivity index (χ2v) is 3.98. The number of hydrogen-bond acceptors (Lipinski definition) is 3. The van der Waals surface area contributed by atoms with Crippen LogP contribution >= 0.6 is 0 Å². The van der Waals surface area contributed by atoms with Crippen molar-refractivity contribution in [1.82, 2.24) is 9.78 Å². The van der Waals surface area contributed by atoms with E-state index in [2.05, 4.69) is 10.4 Å². The average molecular weight is 245 g/mol. The molecular weight excluding hydrogens is 230 g/mol. The molecule has 1 aromatic carbocycles. The van der Waals surface area contributed by atoms with Gasteiger partial charge in [0.2, 0.25) is 0 Å². The zero-order chi connectivity index (χ0) is 13.1. The number of ether oxygens (including phenoxy) is 1. The molecule has 1 heterocycles. The molecule has 0 radical (unpaired) electrons. The second-order valence-electron chi connectivity index (χ2n) is 3.98. The van der Waals surface area contributed by atoms with Crippen LogP contribution in [0.2, 0.25) is 0 Å². The molecule has 0 spiro atoms. The third-order valence-electron chi connectivity index (χ3n) is 2.67. The van der Waals surface area contributed by atoms with Crippen molar-refractivity contribution < 1.29 is 9.53 Å². The van der Waals surface area contributed by atoms with E-state index < -0.39 is 0 Å². The lowest BCUT2D eigenvalue weighted by Gasteiger charge is -2.05. The first-order valence-corrected chi connectivity index (χ1v) is 5.56. The molecule has 0 saturated heterocycles. The van der Waals surface area contributed by atoms with Crippen LogP contribution in [0.5, 0.6) is 5.75 Å². The highest BCUT2D eigenvalue weighted by Crippen LogP contribution is 2.17. The summed E-state index contributed by atoms with van der Waals surface area (Å²) in [7, 11) is 3.39. The Morgan fingerprint density at radius 2 is 2.17 bits per heavy atom. The Bertz CT molecular complexity index is 556. The molecule has 0 aliphatic heterocycles. The highest BCUT2D eigenvalue weighted by molar-refractivity contribution is 6.03. The van der Waals surface area contributed by atoms with Crippen molar-refractivity contribution in [3.63, 3.8) is 0 Å². The van der Waals surface area contributed by atoms with Gasteiger partial charge in [0.15, 0.2) is 5.69 Å². The summed E-state index contributed by atoms with van der Waals surface area (Å²) in [5, 5.41) is 6.90. The van der Waals surface area contributed by atoms with E-state index in [1.807, 2.05) is 19.1 Å². The summed E-state index contributed by atoms with van der Waals surface area (Å²) >= 11 is 0. The van der Waals surface area contributed by atoms with E-state index in [4.69, 9.17) is 4.74 Å². The number of nitrogens with one attached hydrogen (secondary N) is 1. The Morgan fingerprint density at radius 3 is 2.78 bits per heavy atom. The Hall–Kier alpha value is -2.30. The van der Waals surface area contributed by atoms with Crippen molar-refractivity contribution >= 4 is 11.6 Å². The molecule has 0 saturated carbocycles. The van der Waals surface area contributed by atoms with Gasteiger partial charge < -0.3 is 10.1 Å². The van der Waals surface area contributed by atoms with Gasteiger partial charge in [-0.05, 0) is 25.1 Å². The number of rotatable bonds is 3. The number of hydrogen-bond donors (Lipinski definition) is 1. The number of aryl methyl sites for hydroxylation is 2. The molecule has 0 atom stereocenters. The molecule has 1 aromatic heterocycles. The maximum atomic E-state index is 12.0. The van der Waals surface area contributed by atoms with Crippen molar-refractivity contribution in [2.24, 2.45) is 7.05 Å². The summed E-state index contributed by atoms with van der Waals surface area (Å²) in [6.07, 6.45) is 0. The van der Waals surface area contributed by atoms with Crippen LogP contribution in [-0.4, -0.2) is 22.8 Å². The van der Waals surface area contributed by atoms with Crippen LogP contribution < -0.4 is 10.1 Å². The molecule has 0 bridgehead atoms. The molecule has 18 heavy (non-hydrogen) atoms. The number of nitrogens with zero attached hydrogens (tertiary/aromatic N) is 2. The average Bonchev–Trinajstić information content (AvgIpc) is 2.70. The largest absolute Gasteiger partial charge is 0.497 e. The molecule has 0 aliphatic carbocycles. The summed E-state index contributed by atoms with van der Waals surface area (Å²) in [4.78, 5) is 12.0. The molecule has 1 amide bonds. The second kappa shape index (κ2) is 4.91. The Balaban J connectivity index is 2.15. The first kappa shape index (κ1) is 12.2. The fraction of sp³-hybridized carbons (Fsp3) is 0.231. The highest BCUT2D eigenvalue weighted by atomic mass is 16.5. The molecule has 0 unspecified atom stereocenters. The minimum atomic E-state index is -0.230. The standard InChI is InChI=1S/C13H15N3O2/c1-9-7-12(15-16(9)2)13(17)14-10-5-4-6-11(8-10)18-3/h4-8H,1-3H3,(H,14,17). The van der Waals surface area contributed by atoms with Gasteiger partial charge in [0.25, 0.3) is 5.91 Å². The summed E-state index contributed by atoms with van der Waals surface area (Å²) < 4.78 is 6.76. The lowest BCUT2D eigenvalue weighted by Crippen LogP contribution is -2.13. The number of amides is 1. The maximum absolute atomic E-state index is 12.0. The van der Waals surface area contributed by atoms with Crippen molar-refractivity contribution in [1.29, 1.82) is 0 Å². The van der Waals surface area contributed by atoms with Crippen molar-refractivity contribution in [3.8, 4) is 5.75 Å². The predicted octanol–water partition coefficient (Wildman–Crippen LogP) is 1.99. The fourth-order valence-corrected chi connectivity index (χ4v) is 1.57. The van der Waals surface area contributed by atoms with Gasteiger partial charge in [0.1, 0.15) is 5.75 Å². The summed E-state index contributed by atoms with van der Waals surface area (Å²) in [6, 6.07) is 8.94. The van der Waals surface area contributed by atoms with Gasteiger partial charge in [-0.15, -0.1) is 0 Å². The van der Waals surface area contributed by atoms with Crippen LogP contribution in [0.25, 0.3) is 0 Å². The smallest absolute Gasteiger partial charge is 0.276 e. The number of aromatic nitrogens is 2. The van der Waals surface area contributed by atoms with Gasteiger partial charge >= 0.3 is 0 Å². The van der Waals surface area contributed by atoms with Crippen LogP contribution in [0.4, 0.5) is 5.69 Å². The topological polar surface area (TPSA) is 56.1 Å². The molecule has 2 rings (SSSR count). The minimum absolute atomic E-state index is 0.230. The van der Waals surface area contributed by atoms with Gasteiger partial charge in [-0.25, -0.2) is 0 Å². The van der Waals surface area contributed by atoms with Crippen molar-refractivity contribution in [2.75, 3.05) is 12.4 Å². The Kier molecular flexibility index (Phi) is 3.32. The van der Waals surface area contributed by atoms with Crippen molar-refractivity contribution in [3.05, 3.63) is 41.7 Å². The molecule has 0 fully saturated rings. The molecule has 0 aliphatic rings. The predicted molar refractivity (Wildman–Crippen MR) is 68.9 cm³/mol. The number of carbonyl (C=O) groups excluding carboxylic acids is 1. The van der Waals surface area contributed by atoms with Crippen LogP contribution in [0.15, 0.2) is 30.3 Å². The van der Waals surface area contributed by atoms with Gasteiger partial charge in [0, 0.05) is 24.5 Å². The Labute approximate surface area is 105 Å².